The molecule has 0 unspecified atom stereocenters. The number of benzene rings is 1. The number of hydrogen-bond donors (Lipinski definition) is 0. The Kier molecular flexibility index (Phi) is 3.40. The molecule has 3 aliphatic rings. The molecule has 1 aromatic rings. The van der Waals surface area contributed by atoms with Crippen LogP contribution in [-0.2, 0) is 11.2 Å². The summed E-state index contributed by atoms with van der Waals surface area (Å²) in [5.74, 6) is 3.33. The summed E-state index contributed by atoms with van der Waals surface area (Å²) in [6.45, 7) is 6.15. The van der Waals surface area contributed by atoms with Crippen LogP contribution in [-0.4, -0.2) is 12.9 Å². The average molecular weight is 310 g/mol. The normalized spacial score (nSPS) is 35.2. The predicted octanol–water partition coefficient (Wildman–Crippen LogP) is 4.76. The third kappa shape index (κ3) is 2.03. The highest BCUT2D eigenvalue weighted by atomic mass is 16.5. The Bertz CT molecular complexity index is 675. The maximum atomic E-state index is 12.4. The van der Waals surface area contributed by atoms with Crippen molar-refractivity contribution in [2.45, 2.75) is 51.4 Å². The van der Waals surface area contributed by atoms with Crippen molar-refractivity contribution in [2.75, 3.05) is 7.11 Å². The summed E-state index contributed by atoms with van der Waals surface area (Å²) in [5, 5.41) is 0. The number of fused-ring (bicyclic) bond motifs is 5. The van der Waals surface area contributed by atoms with Gasteiger partial charge in [-0.2, -0.15) is 0 Å². The minimum Gasteiger partial charge on any atom is -0.496 e. The highest BCUT2D eigenvalue weighted by Crippen LogP contribution is 2.59. The SMILES string of the molecule is C=Cc1cc2c(cc1OC)[C@H]1CC[C@]3(C)C(=O)CC[C@H]3[C@@H]1CC2. The van der Waals surface area contributed by atoms with Crippen LogP contribution in [0.1, 0.15) is 61.6 Å². The number of ether oxygens (including phenoxy) is 1. The zero-order valence-electron chi connectivity index (χ0n) is 14.2. The molecule has 2 saturated carbocycles. The maximum Gasteiger partial charge on any atom is 0.139 e. The van der Waals surface area contributed by atoms with Gasteiger partial charge in [-0.3, -0.25) is 4.79 Å². The summed E-state index contributed by atoms with van der Waals surface area (Å²) >= 11 is 0. The van der Waals surface area contributed by atoms with Crippen molar-refractivity contribution in [1.29, 1.82) is 0 Å². The monoisotopic (exact) mass is 310 g/mol. The topological polar surface area (TPSA) is 26.3 Å². The lowest BCUT2D eigenvalue weighted by molar-refractivity contribution is -0.129. The van der Waals surface area contributed by atoms with Gasteiger partial charge in [-0.15, -0.1) is 0 Å². The van der Waals surface area contributed by atoms with Gasteiger partial charge in [0.15, 0.2) is 0 Å². The van der Waals surface area contributed by atoms with Gasteiger partial charge in [-0.05, 0) is 73.1 Å². The van der Waals surface area contributed by atoms with Crippen molar-refractivity contribution in [3.05, 3.63) is 35.4 Å². The molecule has 0 bridgehead atoms. The molecule has 0 spiro atoms. The first-order valence-electron chi connectivity index (χ1n) is 8.95. The van der Waals surface area contributed by atoms with Crippen LogP contribution in [0.25, 0.3) is 6.08 Å². The zero-order valence-corrected chi connectivity index (χ0v) is 14.2. The quantitative estimate of drug-likeness (QED) is 0.787. The van der Waals surface area contributed by atoms with E-state index < -0.39 is 0 Å². The molecule has 0 heterocycles. The van der Waals surface area contributed by atoms with Crippen LogP contribution in [0.2, 0.25) is 0 Å². The number of carbonyl (C=O) groups excluding carboxylic acids is 1. The van der Waals surface area contributed by atoms with Crippen LogP contribution < -0.4 is 4.74 Å². The Balaban J connectivity index is 1.75. The number of Topliss-reactive ketones (excluding diaryl/α,β-unsaturated/α-hetero) is 1. The van der Waals surface area contributed by atoms with Crippen LogP contribution >= 0.6 is 0 Å². The van der Waals surface area contributed by atoms with Crippen molar-refractivity contribution in [3.63, 3.8) is 0 Å². The predicted molar refractivity (Wildman–Crippen MR) is 92.7 cm³/mol. The van der Waals surface area contributed by atoms with Crippen molar-refractivity contribution < 1.29 is 9.53 Å². The molecule has 122 valence electrons. The second-order valence-electron chi connectivity index (χ2n) is 7.83. The van der Waals surface area contributed by atoms with E-state index in [1.54, 1.807) is 7.11 Å². The summed E-state index contributed by atoms with van der Waals surface area (Å²) in [5.41, 5.74) is 4.01. The van der Waals surface area contributed by atoms with E-state index in [9.17, 15) is 4.79 Å². The van der Waals surface area contributed by atoms with Gasteiger partial charge in [-0.1, -0.05) is 19.6 Å². The molecule has 0 aliphatic heterocycles. The van der Waals surface area contributed by atoms with Gasteiger partial charge >= 0.3 is 0 Å². The molecule has 2 heteroatoms. The van der Waals surface area contributed by atoms with Crippen LogP contribution in [0, 0.1) is 17.3 Å². The number of methoxy groups -OCH3 is 1. The minimum absolute atomic E-state index is 0.0379. The summed E-state index contributed by atoms with van der Waals surface area (Å²) < 4.78 is 5.58. The molecule has 0 amide bonds. The fourth-order valence-electron chi connectivity index (χ4n) is 5.73. The van der Waals surface area contributed by atoms with Crippen LogP contribution in [0.5, 0.6) is 5.75 Å². The lowest BCUT2D eigenvalue weighted by Crippen LogP contribution is -2.42. The second kappa shape index (κ2) is 5.22. The Morgan fingerprint density at radius 1 is 1.26 bits per heavy atom. The molecule has 1 aromatic carbocycles. The van der Waals surface area contributed by atoms with E-state index in [1.807, 2.05) is 6.08 Å². The Labute approximate surface area is 138 Å². The average Bonchev–Trinajstić information content (AvgIpc) is 2.88. The first kappa shape index (κ1) is 15.0. The number of rotatable bonds is 2. The third-order valence-corrected chi connectivity index (χ3v) is 7.00. The molecular weight excluding hydrogens is 284 g/mol. The molecular formula is C21H26O2. The molecule has 0 N–H and O–H groups in total. The molecule has 0 aromatic heterocycles. The van der Waals surface area contributed by atoms with E-state index >= 15 is 0 Å². The second-order valence-corrected chi connectivity index (χ2v) is 7.83. The van der Waals surface area contributed by atoms with Crippen molar-refractivity contribution in [2.24, 2.45) is 17.3 Å². The van der Waals surface area contributed by atoms with Crippen LogP contribution in [0.4, 0.5) is 0 Å². The number of ketones is 1. The van der Waals surface area contributed by atoms with Crippen molar-refractivity contribution in [1.82, 2.24) is 0 Å². The first-order chi connectivity index (χ1) is 11.1. The lowest BCUT2D eigenvalue weighted by atomic mass is 9.55. The highest BCUT2D eigenvalue weighted by Gasteiger charge is 2.54. The fourth-order valence-corrected chi connectivity index (χ4v) is 5.73. The minimum atomic E-state index is -0.0379. The van der Waals surface area contributed by atoms with Gasteiger partial charge in [0.25, 0.3) is 0 Å². The molecule has 23 heavy (non-hydrogen) atoms. The first-order valence-corrected chi connectivity index (χ1v) is 8.95. The summed E-state index contributed by atoms with van der Waals surface area (Å²) in [6.07, 6.45) is 8.36. The van der Waals surface area contributed by atoms with Gasteiger partial charge in [-0.25, -0.2) is 0 Å². The Morgan fingerprint density at radius 3 is 2.83 bits per heavy atom. The van der Waals surface area contributed by atoms with E-state index in [4.69, 9.17) is 4.74 Å². The number of aryl methyl sites for hydroxylation is 1. The Morgan fingerprint density at radius 2 is 2.09 bits per heavy atom. The Hall–Kier alpha value is -1.57. The third-order valence-electron chi connectivity index (χ3n) is 7.00. The number of hydrogen-bond acceptors (Lipinski definition) is 2. The van der Waals surface area contributed by atoms with Gasteiger partial charge in [0, 0.05) is 17.4 Å². The van der Waals surface area contributed by atoms with E-state index in [1.165, 1.54) is 17.5 Å². The molecule has 0 saturated heterocycles. The van der Waals surface area contributed by atoms with E-state index in [2.05, 4.69) is 25.6 Å². The summed E-state index contributed by atoms with van der Waals surface area (Å²) in [6, 6.07) is 4.52. The molecule has 4 atom stereocenters. The summed E-state index contributed by atoms with van der Waals surface area (Å²) in [7, 11) is 1.74. The smallest absolute Gasteiger partial charge is 0.139 e. The maximum absolute atomic E-state index is 12.4. The van der Waals surface area contributed by atoms with E-state index in [0.717, 1.165) is 43.4 Å². The van der Waals surface area contributed by atoms with Crippen molar-refractivity contribution in [3.8, 4) is 5.75 Å². The van der Waals surface area contributed by atoms with Gasteiger partial charge in [0.1, 0.15) is 11.5 Å². The van der Waals surface area contributed by atoms with E-state index in [0.29, 0.717) is 23.5 Å². The molecule has 3 aliphatic carbocycles. The summed E-state index contributed by atoms with van der Waals surface area (Å²) in [4.78, 5) is 12.4. The zero-order chi connectivity index (χ0) is 16.2. The molecule has 2 fully saturated rings. The highest BCUT2D eigenvalue weighted by molar-refractivity contribution is 5.87. The van der Waals surface area contributed by atoms with Gasteiger partial charge in [0.05, 0.1) is 7.11 Å². The van der Waals surface area contributed by atoms with Crippen molar-refractivity contribution >= 4 is 11.9 Å². The lowest BCUT2D eigenvalue weighted by Gasteiger charge is -2.48. The largest absolute Gasteiger partial charge is 0.496 e. The number of carbonyl (C=O) groups is 1. The van der Waals surface area contributed by atoms with Crippen LogP contribution in [0.15, 0.2) is 18.7 Å². The molecule has 4 rings (SSSR count). The van der Waals surface area contributed by atoms with Gasteiger partial charge < -0.3 is 4.74 Å². The molecule has 2 nitrogen and oxygen atoms in total. The molecule has 0 radical (unpaired) electrons. The van der Waals surface area contributed by atoms with E-state index in [-0.39, 0.29) is 5.41 Å². The fraction of sp³-hybridized carbons (Fsp3) is 0.571. The van der Waals surface area contributed by atoms with Gasteiger partial charge in [0.2, 0.25) is 0 Å². The van der Waals surface area contributed by atoms with Crippen LogP contribution in [0.3, 0.4) is 0 Å². The standard InChI is InChI=1S/C21H26O2/c1-4-13-11-14-5-6-16-15(17(14)12-19(13)23-3)9-10-21(2)18(16)7-8-20(21)22/h4,11-12,15-16,18H,1,5-10H2,2-3H3/t15-,16+,18-,21-/m0/s1.